The molecule has 35 heavy (non-hydrogen) atoms. The van der Waals surface area contributed by atoms with Crippen LogP contribution in [0.15, 0.2) is 114 Å². The summed E-state index contributed by atoms with van der Waals surface area (Å²) in [6.07, 6.45) is 1.69. The van der Waals surface area contributed by atoms with Crippen LogP contribution in [-0.4, -0.2) is 13.4 Å². The highest BCUT2D eigenvalue weighted by Gasteiger charge is 2.16. The minimum Gasteiger partial charge on any atom is -0.457 e. The summed E-state index contributed by atoms with van der Waals surface area (Å²) in [5, 5.41) is 10.3. The fourth-order valence-corrected chi connectivity index (χ4v) is 5.37. The summed E-state index contributed by atoms with van der Waals surface area (Å²) in [4.78, 5) is 4.59. The smallest absolute Gasteiger partial charge is 0.182 e. The average molecular weight is 477 g/mol. The van der Waals surface area contributed by atoms with Gasteiger partial charge in [-0.05, 0) is 59.2 Å². The molecule has 0 spiro atoms. The Morgan fingerprint density at radius 2 is 1.54 bits per heavy atom. The number of aromatic nitrogens is 1. The summed E-state index contributed by atoms with van der Waals surface area (Å²) in [5.41, 5.74) is 3.73. The van der Waals surface area contributed by atoms with E-state index in [2.05, 4.69) is 11.1 Å². The molecule has 0 amide bonds. The zero-order valence-electron chi connectivity index (χ0n) is 18.6. The monoisotopic (exact) mass is 476 g/mol. The number of nitriles is 1. The summed E-state index contributed by atoms with van der Waals surface area (Å²) < 4.78 is 31.9. The Labute approximate surface area is 203 Å². The third-order valence-electron chi connectivity index (χ3n) is 5.64. The molecule has 6 heteroatoms. The van der Waals surface area contributed by atoms with E-state index in [1.165, 1.54) is 0 Å². The lowest BCUT2D eigenvalue weighted by Gasteiger charge is -2.11. The van der Waals surface area contributed by atoms with Gasteiger partial charge in [0.2, 0.25) is 0 Å². The van der Waals surface area contributed by atoms with Gasteiger partial charge in [0.15, 0.2) is 9.84 Å². The number of nitrogens with zero attached hydrogens (tertiary/aromatic N) is 2. The fourth-order valence-electron chi connectivity index (χ4n) is 3.99. The van der Waals surface area contributed by atoms with Crippen LogP contribution in [0.4, 0.5) is 0 Å². The maximum atomic E-state index is 12.9. The number of hydrogen-bond acceptors (Lipinski definition) is 5. The van der Waals surface area contributed by atoms with E-state index in [1.807, 2.05) is 60.7 Å². The highest BCUT2D eigenvalue weighted by molar-refractivity contribution is 7.90. The Bertz CT molecular complexity index is 1670. The van der Waals surface area contributed by atoms with Crippen LogP contribution in [0.3, 0.4) is 0 Å². The first-order valence-corrected chi connectivity index (χ1v) is 12.6. The van der Waals surface area contributed by atoms with Crippen LogP contribution in [0, 0.1) is 11.3 Å². The van der Waals surface area contributed by atoms with E-state index in [9.17, 15) is 13.7 Å². The number of para-hydroxylation sites is 1. The van der Waals surface area contributed by atoms with Crippen molar-refractivity contribution in [3.05, 3.63) is 120 Å². The Balaban J connectivity index is 1.45. The highest BCUT2D eigenvalue weighted by Crippen LogP contribution is 2.33. The minimum atomic E-state index is -3.52. The van der Waals surface area contributed by atoms with Crippen molar-refractivity contribution in [2.24, 2.45) is 0 Å². The highest BCUT2D eigenvalue weighted by atomic mass is 32.2. The van der Waals surface area contributed by atoms with Crippen molar-refractivity contribution < 1.29 is 13.2 Å². The molecule has 0 unspecified atom stereocenters. The summed E-state index contributed by atoms with van der Waals surface area (Å²) in [6.45, 7) is 0. The molecule has 0 aliphatic heterocycles. The Morgan fingerprint density at radius 3 is 2.34 bits per heavy atom. The van der Waals surface area contributed by atoms with Crippen LogP contribution in [0.1, 0.15) is 11.1 Å². The number of hydrogen-bond donors (Lipinski definition) is 0. The molecule has 170 valence electrons. The quantitative estimate of drug-likeness (QED) is 0.278. The molecule has 0 saturated carbocycles. The van der Waals surface area contributed by atoms with E-state index >= 15 is 0 Å². The largest absolute Gasteiger partial charge is 0.457 e. The van der Waals surface area contributed by atoms with Gasteiger partial charge in [-0.1, -0.05) is 60.7 Å². The van der Waals surface area contributed by atoms with Crippen molar-refractivity contribution in [2.45, 2.75) is 10.6 Å². The molecule has 0 N–H and O–H groups in total. The summed E-state index contributed by atoms with van der Waals surface area (Å²) in [6, 6.07) is 32.8. The number of sulfone groups is 1. The Kier molecular flexibility index (Phi) is 6.01. The fraction of sp³-hybridized carbons (Fsp3) is 0.0345. The maximum Gasteiger partial charge on any atom is 0.182 e. The van der Waals surface area contributed by atoms with Crippen molar-refractivity contribution in [2.75, 3.05) is 0 Å². The second kappa shape index (κ2) is 9.41. The lowest BCUT2D eigenvalue weighted by Crippen LogP contribution is -2.05. The van der Waals surface area contributed by atoms with E-state index in [-0.39, 0.29) is 10.6 Å². The molecular formula is C29H20N2O3S. The zero-order valence-corrected chi connectivity index (χ0v) is 19.4. The molecule has 5 rings (SSSR count). The molecule has 1 heterocycles. The molecule has 0 bridgehead atoms. The molecule has 0 aliphatic rings. The van der Waals surface area contributed by atoms with E-state index < -0.39 is 9.84 Å². The molecule has 1 aromatic heterocycles. The van der Waals surface area contributed by atoms with Gasteiger partial charge >= 0.3 is 0 Å². The predicted molar refractivity (Wildman–Crippen MR) is 136 cm³/mol. The van der Waals surface area contributed by atoms with Crippen LogP contribution < -0.4 is 4.74 Å². The van der Waals surface area contributed by atoms with Gasteiger partial charge in [0.05, 0.1) is 21.7 Å². The van der Waals surface area contributed by atoms with Gasteiger partial charge in [-0.2, -0.15) is 5.26 Å². The molecule has 0 aliphatic carbocycles. The third-order valence-corrected chi connectivity index (χ3v) is 7.32. The van der Waals surface area contributed by atoms with Gasteiger partial charge in [0, 0.05) is 11.6 Å². The minimum absolute atomic E-state index is 0.0768. The second-order valence-electron chi connectivity index (χ2n) is 8.02. The number of fused-ring (bicyclic) bond motifs is 1. The van der Waals surface area contributed by atoms with Crippen LogP contribution in [0.2, 0.25) is 0 Å². The van der Waals surface area contributed by atoms with Gasteiger partial charge in [-0.15, -0.1) is 0 Å². The zero-order chi connectivity index (χ0) is 24.3. The van der Waals surface area contributed by atoms with Crippen LogP contribution >= 0.6 is 0 Å². The first-order chi connectivity index (χ1) is 17.0. The van der Waals surface area contributed by atoms with E-state index in [0.29, 0.717) is 22.6 Å². The summed E-state index contributed by atoms with van der Waals surface area (Å²) in [7, 11) is -3.52. The van der Waals surface area contributed by atoms with Gasteiger partial charge in [0.1, 0.15) is 17.6 Å². The van der Waals surface area contributed by atoms with Gasteiger partial charge in [-0.3, -0.25) is 4.98 Å². The Hall–Kier alpha value is -4.47. The second-order valence-corrected chi connectivity index (χ2v) is 10.0. The van der Waals surface area contributed by atoms with Gasteiger partial charge < -0.3 is 4.74 Å². The SMILES string of the molecule is N#Cc1cccc2c(-c3cccc(Oc4cccc(S(=O)(=O)Cc5ccccc5)c4)c3)ccnc12. The van der Waals surface area contributed by atoms with Crippen LogP contribution in [0.5, 0.6) is 11.5 Å². The lowest BCUT2D eigenvalue weighted by molar-refractivity contribution is 0.481. The molecule has 0 saturated heterocycles. The van der Waals surface area contributed by atoms with E-state index in [0.717, 1.165) is 22.1 Å². The predicted octanol–water partition coefficient (Wildman–Crippen LogP) is 6.54. The molecule has 0 atom stereocenters. The van der Waals surface area contributed by atoms with Crippen molar-refractivity contribution >= 4 is 20.7 Å². The van der Waals surface area contributed by atoms with E-state index in [4.69, 9.17) is 4.74 Å². The molecule has 0 fully saturated rings. The number of pyridine rings is 1. The van der Waals surface area contributed by atoms with Gasteiger partial charge in [-0.25, -0.2) is 8.42 Å². The first kappa shape index (κ1) is 22.3. The number of ether oxygens (including phenoxy) is 1. The first-order valence-electron chi connectivity index (χ1n) is 11.0. The van der Waals surface area contributed by atoms with E-state index in [1.54, 1.807) is 48.7 Å². The number of benzene rings is 4. The molecule has 0 radical (unpaired) electrons. The normalized spacial score (nSPS) is 11.2. The molecular weight excluding hydrogens is 456 g/mol. The molecule has 4 aromatic carbocycles. The van der Waals surface area contributed by atoms with Crippen molar-refractivity contribution in [1.82, 2.24) is 4.98 Å². The van der Waals surface area contributed by atoms with Crippen molar-refractivity contribution in [3.63, 3.8) is 0 Å². The maximum absolute atomic E-state index is 12.9. The van der Waals surface area contributed by atoms with Crippen LogP contribution in [0.25, 0.3) is 22.0 Å². The topological polar surface area (TPSA) is 80.0 Å². The average Bonchev–Trinajstić information content (AvgIpc) is 2.88. The third kappa shape index (κ3) is 4.77. The van der Waals surface area contributed by atoms with Crippen molar-refractivity contribution in [1.29, 1.82) is 5.26 Å². The lowest BCUT2D eigenvalue weighted by atomic mass is 9.99. The Morgan fingerprint density at radius 1 is 0.800 bits per heavy atom. The van der Waals surface area contributed by atoms with Crippen molar-refractivity contribution in [3.8, 4) is 28.7 Å². The summed E-state index contributed by atoms with van der Waals surface area (Å²) >= 11 is 0. The van der Waals surface area contributed by atoms with Crippen LogP contribution in [-0.2, 0) is 15.6 Å². The molecule has 5 nitrogen and oxygen atoms in total. The standard InChI is InChI=1S/C29H20N2O3S/c30-19-23-10-5-14-28-27(15-16-31-29(23)28)22-9-4-11-24(17-22)34-25-12-6-13-26(18-25)35(32,33)20-21-7-2-1-3-8-21/h1-18H,20H2. The molecule has 5 aromatic rings. The van der Waals surface area contributed by atoms with Gasteiger partial charge in [0.25, 0.3) is 0 Å². The summed E-state index contributed by atoms with van der Waals surface area (Å²) in [5.74, 6) is 0.927. The number of rotatable bonds is 6.